The highest BCUT2D eigenvalue weighted by molar-refractivity contribution is 7.80. The van der Waals surface area contributed by atoms with Crippen molar-refractivity contribution in [3.63, 3.8) is 0 Å². The van der Waals surface area contributed by atoms with Crippen molar-refractivity contribution in [2.45, 2.75) is 90.5 Å². The van der Waals surface area contributed by atoms with Gasteiger partial charge in [-0.15, -0.1) is 0 Å². The molecule has 0 aliphatic rings. The Balaban J connectivity index is 0.00000122. The van der Waals surface area contributed by atoms with Gasteiger partial charge in [0.05, 0.1) is 34.3 Å². The van der Waals surface area contributed by atoms with Gasteiger partial charge in [0.1, 0.15) is 0 Å². The predicted octanol–water partition coefficient (Wildman–Crippen LogP) is 5.63. The molecule has 176 valence electrons. The first kappa shape index (κ1) is 29.1. The van der Waals surface area contributed by atoms with Crippen LogP contribution in [0.15, 0.2) is 24.3 Å². The lowest BCUT2D eigenvalue weighted by molar-refractivity contribution is -0.896. The molecule has 0 radical (unpaired) electrons. The number of hydrogen-bond acceptors (Lipinski definition) is 4. The molecule has 0 spiro atoms. The summed E-state index contributed by atoms with van der Waals surface area (Å²) in [4.78, 5) is 0. The number of rotatable bonds is 14. The topological polar surface area (TPSA) is 66.4 Å². The van der Waals surface area contributed by atoms with Crippen LogP contribution in [0.4, 0.5) is 0 Å². The molecule has 1 atom stereocenters. The zero-order valence-electron chi connectivity index (χ0n) is 20.2. The number of hydrogen-bond donors (Lipinski definition) is 0. The summed E-state index contributed by atoms with van der Waals surface area (Å²) >= 11 is 0. The van der Waals surface area contributed by atoms with Crippen molar-refractivity contribution in [2.75, 3.05) is 28.3 Å². The Hall–Kier alpha value is -0.950. The first-order valence-electron chi connectivity index (χ1n) is 11.4. The van der Waals surface area contributed by atoms with E-state index in [9.17, 15) is 13.0 Å². The summed E-state index contributed by atoms with van der Waals surface area (Å²) in [6.45, 7) is 4.46. The van der Waals surface area contributed by atoms with Crippen LogP contribution in [0.3, 0.4) is 0 Å². The molecule has 1 unspecified atom stereocenters. The van der Waals surface area contributed by atoms with E-state index in [0.717, 1.165) is 17.6 Å². The molecule has 6 heteroatoms. The first-order valence-corrected chi connectivity index (χ1v) is 12.7. The largest absolute Gasteiger partial charge is 0.726 e. The summed E-state index contributed by atoms with van der Waals surface area (Å²) in [6.07, 6.45) is 15.4. The van der Waals surface area contributed by atoms with Crippen LogP contribution in [0.5, 0.6) is 0 Å². The summed E-state index contributed by atoms with van der Waals surface area (Å²) in [6, 6.07) is 9.86. The van der Waals surface area contributed by atoms with Crippen LogP contribution < -0.4 is 0 Å². The fourth-order valence-electron chi connectivity index (χ4n) is 3.45. The van der Waals surface area contributed by atoms with Crippen molar-refractivity contribution < 1.29 is 21.6 Å². The molecule has 0 N–H and O–H groups in total. The number of aryl methyl sites for hydroxylation is 1. The van der Waals surface area contributed by atoms with E-state index < -0.39 is 10.4 Å². The molecular formula is C24H45NO4S. The number of likely N-dealkylation sites (N-methyl/N-ethyl adjacent to an activating group) is 1. The minimum absolute atomic E-state index is 0.734. The van der Waals surface area contributed by atoms with Crippen LogP contribution in [0.2, 0.25) is 0 Å². The number of nitrogens with zero attached hydrogens (tertiary/aromatic N) is 1. The van der Waals surface area contributed by atoms with Crippen LogP contribution in [0.25, 0.3) is 0 Å². The highest BCUT2D eigenvalue weighted by atomic mass is 32.3. The molecule has 0 aliphatic carbocycles. The molecule has 0 saturated carbocycles. The second kappa shape index (κ2) is 15.8. The van der Waals surface area contributed by atoms with Gasteiger partial charge in [0, 0.05) is 6.42 Å². The predicted molar refractivity (Wildman–Crippen MR) is 125 cm³/mol. The molecular weight excluding hydrogens is 398 g/mol. The maximum atomic E-state index is 9.22. The standard InChI is InChI=1S/C23H42N.CH4O4S/c1-6-7-8-9-10-11-12-13-14-15-23(24(3,4)5)20-22-18-16-21(2)17-19-22;1-5-6(2,3)4/h16-19,23H,6-15,20H2,1-5H3;1H3,(H,2,3,4)/q+1;/p-1. The average molecular weight is 444 g/mol. The van der Waals surface area contributed by atoms with Gasteiger partial charge in [-0.3, -0.25) is 4.18 Å². The third-order valence-corrected chi connectivity index (χ3v) is 5.94. The molecule has 1 aromatic carbocycles. The van der Waals surface area contributed by atoms with Crippen LogP contribution in [0.1, 0.15) is 82.3 Å². The third kappa shape index (κ3) is 16.8. The highest BCUT2D eigenvalue weighted by Crippen LogP contribution is 2.19. The number of quaternary nitrogens is 1. The van der Waals surface area contributed by atoms with Crippen molar-refractivity contribution in [2.24, 2.45) is 0 Å². The number of unbranched alkanes of at least 4 members (excludes halogenated alkanes) is 8. The molecule has 1 aromatic rings. The van der Waals surface area contributed by atoms with Crippen molar-refractivity contribution >= 4 is 10.4 Å². The van der Waals surface area contributed by atoms with Gasteiger partial charge in [-0.2, -0.15) is 0 Å². The maximum Gasteiger partial charge on any atom is 0.217 e. The molecule has 1 rings (SSSR count). The summed E-state index contributed by atoms with van der Waals surface area (Å²) in [5.41, 5.74) is 2.86. The quantitative estimate of drug-likeness (QED) is 0.162. The Kier molecular flexibility index (Phi) is 15.3. The van der Waals surface area contributed by atoms with Crippen LogP contribution >= 0.6 is 0 Å². The molecule has 0 saturated heterocycles. The third-order valence-electron chi connectivity index (χ3n) is 5.53. The molecule has 0 amide bonds. The fraction of sp³-hybridized carbons (Fsp3) is 0.750. The average Bonchev–Trinajstić information content (AvgIpc) is 2.66. The van der Waals surface area contributed by atoms with E-state index in [1.165, 1.54) is 81.8 Å². The van der Waals surface area contributed by atoms with Gasteiger partial charge in [-0.1, -0.05) is 88.1 Å². The molecule has 0 aliphatic heterocycles. The SMILES string of the molecule is CCCCCCCCCCCC(Cc1ccc(C)cc1)[N+](C)(C)C.COS(=O)(=O)[O-]. The monoisotopic (exact) mass is 443 g/mol. The first-order chi connectivity index (χ1) is 14.0. The Morgan fingerprint density at radius 3 is 1.73 bits per heavy atom. The van der Waals surface area contributed by atoms with Gasteiger partial charge >= 0.3 is 0 Å². The van der Waals surface area contributed by atoms with Crippen molar-refractivity contribution in [1.29, 1.82) is 0 Å². The van der Waals surface area contributed by atoms with Crippen LogP contribution in [-0.2, 0) is 21.0 Å². The van der Waals surface area contributed by atoms with Crippen LogP contribution in [-0.4, -0.2) is 51.7 Å². The normalized spacial score (nSPS) is 12.9. The minimum Gasteiger partial charge on any atom is -0.726 e. The Labute approximate surface area is 186 Å². The summed E-state index contributed by atoms with van der Waals surface area (Å²) < 4.78 is 32.1. The zero-order valence-corrected chi connectivity index (χ0v) is 21.0. The molecule has 0 bridgehead atoms. The van der Waals surface area contributed by atoms with E-state index in [2.05, 4.69) is 63.4 Å². The van der Waals surface area contributed by atoms with Crippen molar-refractivity contribution in [3.8, 4) is 0 Å². The Morgan fingerprint density at radius 1 is 0.900 bits per heavy atom. The lowest BCUT2D eigenvalue weighted by Crippen LogP contribution is -2.46. The van der Waals surface area contributed by atoms with E-state index in [1.807, 2.05) is 0 Å². The molecule has 0 aromatic heterocycles. The molecule has 0 heterocycles. The molecule has 30 heavy (non-hydrogen) atoms. The zero-order chi connectivity index (χ0) is 23.0. The highest BCUT2D eigenvalue weighted by Gasteiger charge is 2.23. The summed E-state index contributed by atoms with van der Waals surface area (Å²) in [5, 5.41) is 0. The number of benzene rings is 1. The van der Waals surface area contributed by atoms with E-state index >= 15 is 0 Å². The lowest BCUT2D eigenvalue weighted by Gasteiger charge is -2.34. The second-order valence-electron chi connectivity index (χ2n) is 9.15. The Morgan fingerprint density at radius 2 is 1.33 bits per heavy atom. The van der Waals surface area contributed by atoms with E-state index in [1.54, 1.807) is 0 Å². The van der Waals surface area contributed by atoms with E-state index in [-0.39, 0.29) is 0 Å². The molecule has 5 nitrogen and oxygen atoms in total. The van der Waals surface area contributed by atoms with Crippen LogP contribution in [0, 0.1) is 6.92 Å². The summed E-state index contributed by atoms with van der Waals surface area (Å²) in [7, 11) is 3.46. The molecule has 0 fully saturated rings. The lowest BCUT2D eigenvalue weighted by atomic mass is 9.97. The van der Waals surface area contributed by atoms with E-state index in [4.69, 9.17) is 0 Å². The van der Waals surface area contributed by atoms with Gasteiger partial charge < -0.3 is 9.04 Å². The second-order valence-corrected chi connectivity index (χ2v) is 10.3. The van der Waals surface area contributed by atoms with E-state index in [0.29, 0.717) is 0 Å². The van der Waals surface area contributed by atoms with Gasteiger partial charge in [-0.05, 0) is 25.3 Å². The minimum atomic E-state index is -4.41. The van der Waals surface area contributed by atoms with Gasteiger partial charge in [0.15, 0.2) is 0 Å². The maximum absolute atomic E-state index is 9.22. The van der Waals surface area contributed by atoms with Gasteiger partial charge in [-0.25, -0.2) is 8.42 Å². The summed E-state index contributed by atoms with van der Waals surface area (Å²) in [5.74, 6) is 0. The smallest absolute Gasteiger partial charge is 0.217 e. The van der Waals surface area contributed by atoms with Gasteiger partial charge in [0.2, 0.25) is 10.4 Å². The Bertz CT molecular complexity index is 636. The van der Waals surface area contributed by atoms with Gasteiger partial charge in [0.25, 0.3) is 0 Å². The van der Waals surface area contributed by atoms with Crippen molar-refractivity contribution in [1.82, 2.24) is 0 Å². The fourth-order valence-corrected chi connectivity index (χ4v) is 3.45. The van der Waals surface area contributed by atoms with Crippen molar-refractivity contribution in [3.05, 3.63) is 35.4 Å².